The minimum Gasteiger partial charge on any atom is -0.337 e. The van der Waals surface area contributed by atoms with Crippen molar-refractivity contribution >= 4 is 29.2 Å². The smallest absolute Gasteiger partial charge is 0.326 e. The van der Waals surface area contributed by atoms with E-state index in [4.69, 9.17) is 0 Å². The van der Waals surface area contributed by atoms with Crippen LogP contribution in [0.1, 0.15) is 5.56 Å². The van der Waals surface area contributed by atoms with Gasteiger partial charge in [0.15, 0.2) is 0 Å². The highest BCUT2D eigenvalue weighted by Gasteiger charge is 2.27. The molecule has 5 heteroatoms. The molecule has 0 radical (unpaired) electrons. The van der Waals surface area contributed by atoms with Crippen molar-refractivity contribution in [3.05, 3.63) is 84.2 Å². The van der Waals surface area contributed by atoms with Crippen molar-refractivity contribution in [3.63, 3.8) is 0 Å². The van der Waals surface area contributed by atoms with Crippen LogP contribution in [0.3, 0.4) is 0 Å². The maximum Gasteiger partial charge on any atom is 0.326 e. The van der Waals surface area contributed by atoms with Crippen molar-refractivity contribution in [1.82, 2.24) is 5.32 Å². The van der Waals surface area contributed by atoms with Gasteiger partial charge in [0, 0.05) is 16.3 Å². The molecular weight excluding hydrogens is 347 g/mol. The van der Waals surface area contributed by atoms with Crippen LogP contribution in [-0.4, -0.2) is 12.6 Å². The van der Waals surface area contributed by atoms with Crippen molar-refractivity contribution < 1.29 is 9.18 Å². The molecule has 1 aliphatic heterocycles. The molecule has 0 fully saturated rings. The summed E-state index contributed by atoms with van der Waals surface area (Å²) in [7, 11) is 0. The van der Waals surface area contributed by atoms with Crippen molar-refractivity contribution in [2.24, 2.45) is 0 Å². The molecular formula is C21H17FN2OS. The quantitative estimate of drug-likeness (QED) is 0.677. The summed E-state index contributed by atoms with van der Waals surface area (Å²) in [6.45, 7) is 0.441. The van der Waals surface area contributed by atoms with Gasteiger partial charge in [0.05, 0.1) is 11.4 Å². The minimum absolute atomic E-state index is 0.179. The molecule has 26 heavy (non-hydrogen) atoms. The van der Waals surface area contributed by atoms with Crippen molar-refractivity contribution in [2.75, 3.05) is 11.4 Å². The fraction of sp³-hybridized carbons (Fsp3) is 0.0952. The number of fused-ring (bicyclic) bond motifs is 2. The monoisotopic (exact) mass is 364 g/mol. The number of anilines is 2. The largest absolute Gasteiger partial charge is 0.337 e. The highest BCUT2D eigenvalue weighted by molar-refractivity contribution is 7.99. The molecule has 3 nitrogen and oxygen atoms in total. The Morgan fingerprint density at radius 3 is 2.23 bits per heavy atom. The maximum absolute atomic E-state index is 13.3. The van der Waals surface area contributed by atoms with Gasteiger partial charge < -0.3 is 5.32 Å². The fourth-order valence-corrected chi connectivity index (χ4v) is 4.07. The second kappa shape index (κ2) is 7.22. The van der Waals surface area contributed by atoms with E-state index >= 15 is 0 Å². The highest BCUT2D eigenvalue weighted by atomic mass is 32.2. The van der Waals surface area contributed by atoms with Crippen LogP contribution in [0.25, 0.3) is 0 Å². The van der Waals surface area contributed by atoms with Gasteiger partial charge in [0.2, 0.25) is 0 Å². The SMILES string of the molecule is O=C(NCCc1cccc(F)c1)N1c2ccccc2Sc2ccccc21. The summed E-state index contributed by atoms with van der Waals surface area (Å²) in [6.07, 6.45) is 0.579. The van der Waals surface area contributed by atoms with Gasteiger partial charge in [-0.05, 0) is 48.4 Å². The number of benzene rings is 3. The van der Waals surface area contributed by atoms with Gasteiger partial charge in [-0.3, -0.25) is 4.90 Å². The van der Waals surface area contributed by atoms with Gasteiger partial charge in [-0.1, -0.05) is 48.2 Å². The molecule has 2 amide bonds. The number of nitrogens with zero attached hydrogens (tertiary/aromatic N) is 1. The normalized spacial score (nSPS) is 12.3. The number of amides is 2. The van der Waals surface area contributed by atoms with Crippen LogP contribution in [0.15, 0.2) is 82.6 Å². The molecule has 1 heterocycles. The summed E-state index contributed by atoms with van der Waals surface area (Å²) in [4.78, 5) is 16.7. The van der Waals surface area contributed by atoms with Crippen LogP contribution in [0.2, 0.25) is 0 Å². The predicted molar refractivity (Wildman–Crippen MR) is 103 cm³/mol. The molecule has 130 valence electrons. The van der Waals surface area contributed by atoms with Crippen LogP contribution in [-0.2, 0) is 6.42 Å². The molecule has 0 spiro atoms. The van der Waals surface area contributed by atoms with Gasteiger partial charge in [-0.15, -0.1) is 0 Å². The highest BCUT2D eigenvalue weighted by Crippen LogP contribution is 2.47. The van der Waals surface area contributed by atoms with Crippen LogP contribution in [0, 0.1) is 5.82 Å². The number of urea groups is 1. The average Bonchev–Trinajstić information content (AvgIpc) is 2.66. The van der Waals surface area contributed by atoms with E-state index in [9.17, 15) is 9.18 Å². The van der Waals surface area contributed by atoms with Crippen LogP contribution in [0.5, 0.6) is 0 Å². The number of hydrogen-bond acceptors (Lipinski definition) is 2. The number of carbonyl (C=O) groups is 1. The number of hydrogen-bond donors (Lipinski definition) is 1. The van der Waals surface area contributed by atoms with Gasteiger partial charge in [-0.25, -0.2) is 9.18 Å². The summed E-state index contributed by atoms with van der Waals surface area (Å²) >= 11 is 1.66. The number of nitrogens with one attached hydrogen (secondary N) is 1. The van der Waals surface area contributed by atoms with E-state index in [1.54, 1.807) is 22.7 Å². The lowest BCUT2D eigenvalue weighted by Crippen LogP contribution is -2.39. The third-order valence-electron chi connectivity index (χ3n) is 4.21. The van der Waals surface area contributed by atoms with E-state index in [0.717, 1.165) is 26.7 Å². The molecule has 0 saturated heterocycles. The average molecular weight is 364 g/mol. The lowest BCUT2D eigenvalue weighted by molar-refractivity contribution is 0.248. The lowest BCUT2D eigenvalue weighted by atomic mass is 10.1. The molecule has 0 aromatic heterocycles. The molecule has 0 atom stereocenters. The second-order valence-corrected chi connectivity index (χ2v) is 7.07. The Labute approximate surface area is 155 Å². The van der Waals surface area contributed by atoms with Crippen molar-refractivity contribution in [2.45, 2.75) is 16.2 Å². The number of para-hydroxylation sites is 2. The summed E-state index contributed by atoms with van der Waals surface area (Å²) < 4.78 is 13.3. The molecule has 0 aliphatic carbocycles. The number of rotatable bonds is 3. The van der Waals surface area contributed by atoms with Gasteiger partial charge in [0.25, 0.3) is 0 Å². The summed E-state index contributed by atoms with van der Waals surface area (Å²) in [5, 5.41) is 2.96. The number of carbonyl (C=O) groups excluding carboxylic acids is 1. The first-order valence-corrected chi connectivity index (χ1v) is 9.22. The summed E-state index contributed by atoms with van der Waals surface area (Å²) in [5.41, 5.74) is 2.61. The molecule has 1 N–H and O–H groups in total. The third kappa shape index (κ3) is 3.30. The fourth-order valence-electron chi connectivity index (χ4n) is 3.01. The summed E-state index contributed by atoms with van der Waals surface area (Å²) in [5.74, 6) is -0.260. The van der Waals surface area contributed by atoms with Crippen LogP contribution in [0.4, 0.5) is 20.6 Å². The zero-order chi connectivity index (χ0) is 17.9. The Balaban J connectivity index is 1.54. The Morgan fingerprint density at radius 2 is 1.58 bits per heavy atom. The molecule has 0 unspecified atom stereocenters. The Morgan fingerprint density at radius 1 is 0.923 bits per heavy atom. The van der Waals surface area contributed by atoms with E-state index in [-0.39, 0.29) is 11.8 Å². The van der Waals surface area contributed by atoms with Crippen molar-refractivity contribution in [3.8, 4) is 0 Å². The zero-order valence-corrected chi connectivity index (χ0v) is 14.8. The predicted octanol–water partition coefficient (Wildman–Crippen LogP) is 5.38. The van der Waals surface area contributed by atoms with E-state index in [2.05, 4.69) is 5.32 Å². The standard InChI is InChI=1S/C21H17FN2OS/c22-16-7-5-6-15(14-16)12-13-23-21(25)24-17-8-1-3-10-19(17)26-20-11-4-2-9-18(20)24/h1-11,14H,12-13H2,(H,23,25). The Kier molecular flexibility index (Phi) is 4.63. The van der Waals surface area contributed by atoms with E-state index in [1.807, 2.05) is 54.6 Å². The molecule has 4 rings (SSSR count). The first-order chi connectivity index (χ1) is 12.7. The van der Waals surface area contributed by atoms with Crippen LogP contribution < -0.4 is 10.2 Å². The lowest BCUT2D eigenvalue weighted by Gasteiger charge is -2.31. The first-order valence-electron chi connectivity index (χ1n) is 8.41. The van der Waals surface area contributed by atoms with Crippen molar-refractivity contribution in [1.29, 1.82) is 0 Å². The summed E-state index contributed by atoms with van der Waals surface area (Å²) in [6, 6.07) is 22.0. The number of halogens is 1. The zero-order valence-electron chi connectivity index (χ0n) is 14.0. The molecule has 0 bridgehead atoms. The maximum atomic E-state index is 13.3. The Bertz CT molecular complexity index is 915. The molecule has 3 aromatic carbocycles. The van der Waals surface area contributed by atoms with Gasteiger partial charge in [0.1, 0.15) is 5.82 Å². The topological polar surface area (TPSA) is 32.3 Å². The van der Waals surface area contributed by atoms with E-state index < -0.39 is 0 Å². The van der Waals surface area contributed by atoms with Crippen LogP contribution >= 0.6 is 11.8 Å². The minimum atomic E-state index is -0.260. The molecule has 1 aliphatic rings. The van der Waals surface area contributed by atoms with E-state index in [0.29, 0.717) is 13.0 Å². The molecule has 0 saturated carbocycles. The van der Waals surface area contributed by atoms with Gasteiger partial charge in [-0.2, -0.15) is 0 Å². The van der Waals surface area contributed by atoms with Gasteiger partial charge >= 0.3 is 6.03 Å². The van der Waals surface area contributed by atoms with E-state index in [1.165, 1.54) is 12.1 Å². The second-order valence-electron chi connectivity index (χ2n) is 5.98. The Hall–Kier alpha value is -2.79. The first kappa shape index (κ1) is 16.7. The third-order valence-corrected chi connectivity index (χ3v) is 5.34. The molecule has 3 aromatic rings.